The van der Waals surface area contributed by atoms with Crippen molar-refractivity contribution in [2.45, 2.75) is 31.8 Å². The molecule has 0 radical (unpaired) electrons. The van der Waals surface area contributed by atoms with Gasteiger partial charge in [0.05, 0.1) is 19.1 Å². The number of carbonyl (C=O) groups is 1. The quantitative estimate of drug-likeness (QED) is 0.755. The van der Waals surface area contributed by atoms with Crippen LogP contribution in [0, 0.1) is 5.92 Å². The van der Waals surface area contributed by atoms with E-state index in [1.165, 1.54) is 19.4 Å². The maximum absolute atomic E-state index is 10.4. The lowest BCUT2D eigenvalue weighted by atomic mass is 9.87. The van der Waals surface area contributed by atoms with Crippen LogP contribution in [-0.4, -0.2) is 48.3 Å². The van der Waals surface area contributed by atoms with Gasteiger partial charge >= 0.3 is 5.97 Å². The van der Waals surface area contributed by atoms with Gasteiger partial charge in [-0.2, -0.15) is 0 Å². The molecule has 4 nitrogen and oxygen atoms in total. The summed E-state index contributed by atoms with van der Waals surface area (Å²) >= 11 is 0. The molecule has 2 rings (SSSR count). The highest BCUT2D eigenvalue weighted by Gasteiger charge is 2.32. The lowest BCUT2D eigenvalue weighted by Gasteiger charge is -2.42. The normalized spacial score (nSPS) is 35.1. The second-order valence-corrected chi connectivity index (χ2v) is 4.54. The van der Waals surface area contributed by atoms with Crippen molar-refractivity contribution in [3.8, 4) is 0 Å². The van der Waals surface area contributed by atoms with Gasteiger partial charge in [-0.1, -0.05) is 0 Å². The number of aliphatic carboxylic acids is 1. The third-order valence-electron chi connectivity index (χ3n) is 3.45. The molecule has 2 bridgehead atoms. The van der Waals surface area contributed by atoms with E-state index in [0.29, 0.717) is 18.6 Å². The lowest BCUT2D eigenvalue weighted by molar-refractivity contribution is -0.139. The molecule has 3 atom stereocenters. The molecule has 0 saturated carbocycles. The summed E-state index contributed by atoms with van der Waals surface area (Å²) in [7, 11) is 0. The Bertz CT molecular complexity index is 232. The second kappa shape index (κ2) is 4.94. The molecule has 2 saturated heterocycles. The summed E-state index contributed by atoms with van der Waals surface area (Å²) in [4.78, 5) is 12.9. The molecule has 0 spiro atoms. The molecule has 2 fully saturated rings. The zero-order chi connectivity index (χ0) is 10.7. The minimum Gasteiger partial charge on any atom is -0.481 e. The van der Waals surface area contributed by atoms with Crippen LogP contribution in [0.3, 0.4) is 0 Å². The molecular formula is C11H19NO3. The minimum absolute atomic E-state index is 0.132. The molecule has 0 aliphatic carbocycles. The highest BCUT2D eigenvalue weighted by molar-refractivity contribution is 5.66. The third-order valence-corrected chi connectivity index (χ3v) is 3.45. The van der Waals surface area contributed by atoms with Crippen LogP contribution in [0.5, 0.6) is 0 Å². The topological polar surface area (TPSA) is 49.8 Å². The number of ether oxygens (including phenoxy) is 1. The van der Waals surface area contributed by atoms with Crippen molar-refractivity contribution in [3.05, 3.63) is 0 Å². The Labute approximate surface area is 90.2 Å². The van der Waals surface area contributed by atoms with Crippen LogP contribution in [0.1, 0.15) is 25.7 Å². The lowest BCUT2D eigenvalue weighted by Crippen LogP contribution is -2.48. The molecule has 86 valence electrons. The Morgan fingerprint density at radius 2 is 2.27 bits per heavy atom. The van der Waals surface area contributed by atoms with E-state index in [0.717, 1.165) is 19.5 Å². The van der Waals surface area contributed by atoms with Crippen LogP contribution in [0.25, 0.3) is 0 Å². The standard InChI is InChI=1S/C11H19NO3/c13-11(14)4-7-15-10-3-6-12-5-1-2-9(10)8-12/h9-10H,1-8H2,(H,13,14). The van der Waals surface area contributed by atoms with Gasteiger partial charge in [0.15, 0.2) is 0 Å². The van der Waals surface area contributed by atoms with Crippen molar-refractivity contribution >= 4 is 5.97 Å². The fourth-order valence-corrected chi connectivity index (χ4v) is 2.66. The van der Waals surface area contributed by atoms with E-state index in [1.54, 1.807) is 0 Å². The van der Waals surface area contributed by atoms with Crippen molar-refractivity contribution in [1.29, 1.82) is 0 Å². The zero-order valence-corrected chi connectivity index (χ0v) is 9.02. The summed E-state index contributed by atoms with van der Waals surface area (Å²) in [6, 6.07) is 0. The first kappa shape index (κ1) is 10.9. The van der Waals surface area contributed by atoms with Crippen molar-refractivity contribution < 1.29 is 14.6 Å². The number of nitrogens with zero attached hydrogens (tertiary/aromatic N) is 1. The summed E-state index contributed by atoms with van der Waals surface area (Å²) in [6.45, 7) is 3.88. The summed E-state index contributed by atoms with van der Waals surface area (Å²) in [6.07, 6.45) is 4.02. The Kier molecular flexibility index (Phi) is 3.59. The van der Waals surface area contributed by atoms with Gasteiger partial charge in [0.2, 0.25) is 0 Å². The SMILES string of the molecule is O=C(O)CCOC1CCN2CCCC1C2. The number of hydrogen-bond acceptors (Lipinski definition) is 3. The fourth-order valence-electron chi connectivity index (χ4n) is 2.66. The molecule has 0 aromatic carbocycles. The second-order valence-electron chi connectivity index (χ2n) is 4.54. The molecule has 4 heteroatoms. The van der Waals surface area contributed by atoms with Crippen LogP contribution in [0.2, 0.25) is 0 Å². The van der Waals surface area contributed by atoms with Gasteiger partial charge in [-0.05, 0) is 31.7 Å². The smallest absolute Gasteiger partial charge is 0.305 e. The predicted octanol–water partition coefficient (Wildman–Crippen LogP) is 0.962. The van der Waals surface area contributed by atoms with Gasteiger partial charge < -0.3 is 14.7 Å². The van der Waals surface area contributed by atoms with E-state index in [2.05, 4.69) is 4.90 Å². The van der Waals surface area contributed by atoms with Crippen molar-refractivity contribution in [2.24, 2.45) is 5.92 Å². The number of carboxylic acids is 1. The van der Waals surface area contributed by atoms with Crippen molar-refractivity contribution in [3.63, 3.8) is 0 Å². The van der Waals surface area contributed by atoms with Gasteiger partial charge in [0, 0.05) is 13.1 Å². The number of fused-ring (bicyclic) bond motifs is 2. The number of piperidine rings is 2. The molecule has 0 amide bonds. The van der Waals surface area contributed by atoms with Gasteiger partial charge in [-0.3, -0.25) is 4.79 Å². The zero-order valence-electron chi connectivity index (χ0n) is 9.02. The van der Waals surface area contributed by atoms with E-state index < -0.39 is 5.97 Å². The summed E-state index contributed by atoms with van der Waals surface area (Å²) in [5.74, 6) is -0.127. The van der Waals surface area contributed by atoms with Crippen LogP contribution in [0.4, 0.5) is 0 Å². The van der Waals surface area contributed by atoms with E-state index >= 15 is 0 Å². The minimum atomic E-state index is -0.768. The molecule has 2 heterocycles. The molecule has 0 aromatic rings. The van der Waals surface area contributed by atoms with E-state index in [9.17, 15) is 4.79 Å². The van der Waals surface area contributed by atoms with Crippen LogP contribution >= 0.6 is 0 Å². The summed E-state index contributed by atoms with van der Waals surface area (Å²) in [5.41, 5.74) is 0. The van der Waals surface area contributed by atoms with Crippen LogP contribution < -0.4 is 0 Å². The average Bonchev–Trinajstić information content (AvgIpc) is 2.22. The molecular weight excluding hydrogens is 194 g/mol. The summed E-state index contributed by atoms with van der Waals surface area (Å²) < 4.78 is 5.67. The van der Waals surface area contributed by atoms with E-state index in [-0.39, 0.29) is 6.42 Å². The molecule has 2 aliphatic rings. The Hall–Kier alpha value is -0.610. The highest BCUT2D eigenvalue weighted by Crippen LogP contribution is 2.28. The first-order valence-electron chi connectivity index (χ1n) is 5.81. The Morgan fingerprint density at radius 1 is 1.40 bits per heavy atom. The maximum atomic E-state index is 10.4. The van der Waals surface area contributed by atoms with Gasteiger partial charge in [0.1, 0.15) is 0 Å². The van der Waals surface area contributed by atoms with Crippen LogP contribution in [0.15, 0.2) is 0 Å². The molecule has 3 unspecified atom stereocenters. The molecule has 0 aromatic heterocycles. The van der Waals surface area contributed by atoms with Crippen molar-refractivity contribution in [2.75, 3.05) is 26.2 Å². The first-order chi connectivity index (χ1) is 7.25. The monoisotopic (exact) mass is 213 g/mol. The van der Waals surface area contributed by atoms with Crippen molar-refractivity contribution in [1.82, 2.24) is 4.90 Å². The number of rotatable bonds is 4. The largest absolute Gasteiger partial charge is 0.481 e. The van der Waals surface area contributed by atoms with Gasteiger partial charge in [0.25, 0.3) is 0 Å². The Balaban J connectivity index is 1.74. The Morgan fingerprint density at radius 3 is 3.07 bits per heavy atom. The van der Waals surface area contributed by atoms with E-state index in [1.807, 2.05) is 0 Å². The predicted molar refractivity (Wildman–Crippen MR) is 55.8 cm³/mol. The molecule has 1 N–H and O–H groups in total. The van der Waals surface area contributed by atoms with Gasteiger partial charge in [-0.15, -0.1) is 0 Å². The van der Waals surface area contributed by atoms with E-state index in [4.69, 9.17) is 9.84 Å². The molecule has 15 heavy (non-hydrogen) atoms. The highest BCUT2D eigenvalue weighted by atomic mass is 16.5. The average molecular weight is 213 g/mol. The molecule has 2 aliphatic heterocycles. The third kappa shape index (κ3) is 2.92. The van der Waals surface area contributed by atoms with Crippen LogP contribution in [-0.2, 0) is 9.53 Å². The van der Waals surface area contributed by atoms with Gasteiger partial charge in [-0.25, -0.2) is 0 Å². The first-order valence-corrected chi connectivity index (χ1v) is 5.81. The summed E-state index contributed by atoms with van der Waals surface area (Å²) in [5, 5.41) is 8.53. The maximum Gasteiger partial charge on any atom is 0.305 e. The number of hydrogen-bond donors (Lipinski definition) is 1. The fraction of sp³-hybridized carbons (Fsp3) is 0.909. The number of carboxylic acid groups (broad SMARTS) is 1.